The molecule has 0 bridgehead atoms. The van der Waals surface area contributed by atoms with E-state index in [2.05, 4.69) is 20.5 Å². The maximum Gasteiger partial charge on any atom is 0.412 e. The number of aromatic nitrogens is 3. The Hall–Kier alpha value is -2.93. The third-order valence-electron chi connectivity index (χ3n) is 4.31. The van der Waals surface area contributed by atoms with Crippen molar-refractivity contribution >= 4 is 22.7 Å². The highest BCUT2D eigenvalue weighted by Gasteiger charge is 2.27. The van der Waals surface area contributed by atoms with Crippen LogP contribution in [0.4, 0.5) is 10.5 Å². The Morgan fingerprint density at radius 2 is 1.96 bits per heavy atom. The molecule has 25 heavy (non-hydrogen) atoms. The number of cyclic esters (lactones) is 1. The average molecular weight is 338 g/mol. The van der Waals surface area contributed by atoms with Crippen molar-refractivity contribution in [1.29, 1.82) is 0 Å². The molecule has 1 aliphatic rings. The molecule has 0 saturated carbocycles. The Morgan fingerprint density at radius 1 is 1.20 bits per heavy atom. The van der Waals surface area contributed by atoms with Crippen LogP contribution in [-0.4, -0.2) is 33.0 Å². The van der Waals surface area contributed by atoms with E-state index in [1.165, 1.54) is 0 Å². The number of anilines is 1. The maximum absolute atomic E-state index is 11.7. The predicted octanol–water partition coefficient (Wildman–Crippen LogP) is 3.23. The van der Waals surface area contributed by atoms with E-state index in [-0.39, 0.29) is 6.61 Å². The van der Waals surface area contributed by atoms with Crippen LogP contribution < -0.4 is 5.32 Å². The summed E-state index contributed by atoms with van der Waals surface area (Å²) >= 11 is 0. The lowest BCUT2D eigenvalue weighted by Crippen LogP contribution is -2.25. The molecule has 1 aromatic carbocycles. The van der Waals surface area contributed by atoms with Crippen LogP contribution in [0.15, 0.2) is 24.3 Å². The number of amides is 1. The molecule has 128 valence electrons. The molecule has 0 saturated heterocycles. The topological polar surface area (TPSA) is 100 Å². The highest BCUT2D eigenvalue weighted by Crippen LogP contribution is 2.38. The number of aromatic amines is 1. The lowest BCUT2D eigenvalue weighted by molar-refractivity contribution is 0.0873. The monoisotopic (exact) mass is 338 g/mol. The number of carbonyl (C=O) groups excluding carboxylic acids is 1. The first kappa shape index (κ1) is 15.6. The van der Waals surface area contributed by atoms with Crippen molar-refractivity contribution in [2.75, 3.05) is 11.9 Å². The van der Waals surface area contributed by atoms with Crippen molar-refractivity contribution in [2.45, 2.75) is 26.4 Å². The van der Waals surface area contributed by atoms with Crippen LogP contribution in [0.2, 0.25) is 0 Å². The Labute approximate surface area is 144 Å². The second kappa shape index (κ2) is 5.86. The first-order valence-electron chi connectivity index (χ1n) is 8.11. The fourth-order valence-electron chi connectivity index (χ4n) is 3.31. The third kappa shape index (κ3) is 2.72. The number of carbonyl (C=O) groups is 1. The number of hydrogen-bond acceptors (Lipinski definition) is 5. The highest BCUT2D eigenvalue weighted by molar-refractivity contribution is 5.99. The summed E-state index contributed by atoms with van der Waals surface area (Å²) < 4.78 is 5.31. The van der Waals surface area contributed by atoms with Crippen molar-refractivity contribution in [3.05, 3.63) is 41.2 Å². The first-order chi connectivity index (χ1) is 12.0. The Morgan fingerprint density at radius 3 is 2.68 bits per heavy atom. The summed E-state index contributed by atoms with van der Waals surface area (Å²) in [6.07, 6.45) is -0.626. The molecule has 7 nitrogen and oxygen atoms in total. The smallest absolute Gasteiger partial charge is 0.412 e. The van der Waals surface area contributed by atoms with Gasteiger partial charge in [-0.05, 0) is 38.1 Å². The van der Waals surface area contributed by atoms with E-state index in [0.29, 0.717) is 12.1 Å². The molecule has 1 unspecified atom stereocenters. The Kier molecular flexibility index (Phi) is 3.65. The minimum absolute atomic E-state index is 0.0591. The molecule has 3 N–H and O–H groups in total. The first-order valence-corrected chi connectivity index (χ1v) is 8.11. The summed E-state index contributed by atoms with van der Waals surface area (Å²) in [6, 6.07) is 7.80. The molecule has 1 amide bonds. The second-order valence-electron chi connectivity index (χ2n) is 6.23. The molecule has 3 aromatic rings. The second-order valence-corrected chi connectivity index (χ2v) is 6.23. The average Bonchev–Trinajstić information content (AvgIpc) is 2.95. The number of benzene rings is 1. The number of H-pyrrole nitrogens is 1. The molecule has 0 fully saturated rings. The van der Waals surface area contributed by atoms with Crippen molar-refractivity contribution in [2.24, 2.45) is 0 Å². The molecule has 1 atom stereocenters. The van der Waals surface area contributed by atoms with E-state index in [9.17, 15) is 9.90 Å². The normalized spacial score (nSPS) is 16.4. The molecule has 0 aliphatic carbocycles. The van der Waals surface area contributed by atoms with Crippen LogP contribution in [0.25, 0.3) is 22.2 Å². The van der Waals surface area contributed by atoms with Crippen molar-refractivity contribution < 1.29 is 14.6 Å². The van der Waals surface area contributed by atoms with Crippen LogP contribution in [0.3, 0.4) is 0 Å². The SMILES string of the molecule is Cc1cc(-c2n[nH]c3cc4c(cc23)C(CCO)OC(=O)N4)cc(C)n1. The number of aliphatic hydroxyl groups excluding tert-OH is 1. The fourth-order valence-corrected chi connectivity index (χ4v) is 3.31. The highest BCUT2D eigenvalue weighted by atomic mass is 16.6. The van der Waals surface area contributed by atoms with Gasteiger partial charge in [-0.2, -0.15) is 5.10 Å². The summed E-state index contributed by atoms with van der Waals surface area (Å²) in [7, 11) is 0. The number of fused-ring (bicyclic) bond motifs is 2. The van der Waals surface area contributed by atoms with Gasteiger partial charge < -0.3 is 9.84 Å². The molecule has 0 radical (unpaired) electrons. The summed E-state index contributed by atoms with van der Waals surface area (Å²) in [5.74, 6) is 0. The number of aliphatic hydroxyl groups is 1. The lowest BCUT2D eigenvalue weighted by atomic mass is 9.98. The van der Waals surface area contributed by atoms with E-state index in [0.717, 1.165) is 39.1 Å². The number of nitrogens with one attached hydrogen (secondary N) is 2. The van der Waals surface area contributed by atoms with Gasteiger partial charge in [0.2, 0.25) is 0 Å². The van der Waals surface area contributed by atoms with Crippen molar-refractivity contribution in [3.8, 4) is 11.3 Å². The summed E-state index contributed by atoms with van der Waals surface area (Å²) in [5, 5.41) is 20.4. The fraction of sp³-hybridized carbons (Fsp3) is 0.278. The van der Waals surface area contributed by atoms with E-state index in [1.54, 1.807) is 0 Å². The molecular formula is C18H18N4O3. The molecule has 7 heteroatoms. The van der Waals surface area contributed by atoms with Crippen LogP contribution in [0, 0.1) is 13.8 Å². The van der Waals surface area contributed by atoms with E-state index >= 15 is 0 Å². The summed E-state index contributed by atoms with van der Waals surface area (Å²) in [4.78, 5) is 16.1. The zero-order valence-electron chi connectivity index (χ0n) is 14.0. The van der Waals surface area contributed by atoms with Gasteiger partial charge in [-0.1, -0.05) is 0 Å². The van der Waals surface area contributed by atoms with Crippen LogP contribution in [0.5, 0.6) is 0 Å². The summed E-state index contributed by atoms with van der Waals surface area (Å²) in [6.45, 7) is 3.85. The third-order valence-corrected chi connectivity index (χ3v) is 4.31. The van der Waals surface area contributed by atoms with Gasteiger partial charge in [0.05, 0.1) is 11.2 Å². The number of nitrogens with zero attached hydrogens (tertiary/aromatic N) is 2. The van der Waals surface area contributed by atoms with E-state index < -0.39 is 12.2 Å². The van der Waals surface area contributed by atoms with Gasteiger partial charge in [-0.25, -0.2) is 4.79 Å². The minimum Gasteiger partial charge on any atom is -0.441 e. The van der Waals surface area contributed by atoms with Crippen LogP contribution in [-0.2, 0) is 4.74 Å². The molecule has 3 heterocycles. The van der Waals surface area contributed by atoms with Gasteiger partial charge in [0.15, 0.2) is 0 Å². The maximum atomic E-state index is 11.7. The van der Waals surface area contributed by atoms with Crippen molar-refractivity contribution in [1.82, 2.24) is 15.2 Å². The lowest BCUT2D eigenvalue weighted by Gasteiger charge is -2.25. The number of rotatable bonds is 3. The number of aryl methyl sites for hydroxylation is 2. The van der Waals surface area contributed by atoms with E-state index in [1.807, 2.05) is 38.1 Å². The Balaban J connectivity index is 1.89. The largest absolute Gasteiger partial charge is 0.441 e. The van der Waals surface area contributed by atoms with Gasteiger partial charge >= 0.3 is 6.09 Å². The molecule has 1 aliphatic heterocycles. The number of hydrogen-bond donors (Lipinski definition) is 3. The van der Waals surface area contributed by atoms with Gasteiger partial charge in [0.1, 0.15) is 11.8 Å². The zero-order chi connectivity index (χ0) is 17.6. The van der Waals surface area contributed by atoms with Gasteiger partial charge in [-0.15, -0.1) is 0 Å². The predicted molar refractivity (Wildman–Crippen MR) is 93.3 cm³/mol. The van der Waals surface area contributed by atoms with Gasteiger partial charge in [0.25, 0.3) is 0 Å². The number of pyridine rings is 1. The quantitative estimate of drug-likeness (QED) is 0.681. The van der Waals surface area contributed by atoms with Gasteiger partial charge in [-0.3, -0.25) is 15.4 Å². The molecule has 2 aromatic heterocycles. The molecular weight excluding hydrogens is 320 g/mol. The van der Waals surface area contributed by atoms with E-state index in [4.69, 9.17) is 4.74 Å². The summed E-state index contributed by atoms with van der Waals surface area (Å²) in [5.41, 5.74) is 6.01. The standard InChI is InChI=1S/C18H18N4O3/c1-9-5-11(6-10(2)19-9)17-13-7-12-14(8-15(13)21-22-17)20-18(24)25-16(12)3-4-23/h5-8,16,23H,3-4H2,1-2H3,(H,20,24)(H,21,22). The van der Waals surface area contributed by atoms with Crippen molar-refractivity contribution in [3.63, 3.8) is 0 Å². The van der Waals surface area contributed by atoms with Gasteiger partial charge in [0, 0.05) is 40.9 Å². The molecule has 4 rings (SSSR count). The Bertz CT molecular complexity index is 960. The number of ether oxygens (including phenoxy) is 1. The van der Waals surface area contributed by atoms with Crippen LogP contribution in [0.1, 0.15) is 29.5 Å². The van der Waals surface area contributed by atoms with Crippen LogP contribution >= 0.6 is 0 Å². The minimum atomic E-state index is -0.509. The zero-order valence-corrected chi connectivity index (χ0v) is 14.0. The molecule has 0 spiro atoms.